The molecular formula is C21H18BrClN2O5S. The number of halogens is 2. The van der Waals surface area contributed by atoms with E-state index in [1.165, 1.54) is 24.0 Å². The number of ether oxygens (including phenoxy) is 3. The fourth-order valence-electron chi connectivity index (χ4n) is 2.99. The molecule has 1 amide bonds. The Kier molecular flexibility index (Phi) is 7.19. The van der Waals surface area contributed by atoms with Gasteiger partial charge in [-0.25, -0.2) is 0 Å². The van der Waals surface area contributed by atoms with E-state index in [4.69, 9.17) is 38.0 Å². The van der Waals surface area contributed by atoms with Gasteiger partial charge in [0, 0.05) is 16.7 Å². The molecule has 0 bridgehead atoms. The van der Waals surface area contributed by atoms with E-state index >= 15 is 0 Å². The number of hydrogen-bond donors (Lipinski definition) is 0. The topological polar surface area (TPSA) is 68.3 Å². The summed E-state index contributed by atoms with van der Waals surface area (Å²) >= 11 is 14.9. The van der Waals surface area contributed by atoms with Crippen LogP contribution < -0.4 is 14.4 Å². The van der Waals surface area contributed by atoms with E-state index in [2.05, 4.69) is 15.9 Å². The maximum absolute atomic E-state index is 13.4. The lowest BCUT2D eigenvalue weighted by molar-refractivity contribution is -0.140. The maximum Gasteiger partial charge on any atom is 0.325 e. The van der Waals surface area contributed by atoms with Gasteiger partial charge in [0.1, 0.15) is 23.7 Å². The third-order valence-electron chi connectivity index (χ3n) is 4.53. The number of methoxy groups -OCH3 is 3. The molecule has 0 saturated carbocycles. The van der Waals surface area contributed by atoms with Crippen LogP contribution in [0.5, 0.6) is 11.5 Å². The zero-order valence-electron chi connectivity index (χ0n) is 16.8. The summed E-state index contributed by atoms with van der Waals surface area (Å²) in [7, 11) is 4.32. The van der Waals surface area contributed by atoms with E-state index in [-0.39, 0.29) is 17.4 Å². The average molecular weight is 526 g/mol. The van der Waals surface area contributed by atoms with Crippen molar-refractivity contribution in [1.29, 1.82) is 0 Å². The summed E-state index contributed by atoms with van der Waals surface area (Å²) in [4.78, 5) is 28.1. The van der Waals surface area contributed by atoms with Gasteiger partial charge in [0.25, 0.3) is 5.91 Å². The van der Waals surface area contributed by atoms with E-state index in [1.807, 2.05) is 0 Å². The van der Waals surface area contributed by atoms with E-state index in [0.29, 0.717) is 32.2 Å². The molecule has 1 saturated heterocycles. The van der Waals surface area contributed by atoms with Crippen molar-refractivity contribution in [3.63, 3.8) is 0 Å². The Balaban J connectivity index is 2.12. The molecule has 1 fully saturated rings. The molecule has 2 aromatic rings. The van der Waals surface area contributed by atoms with Crippen molar-refractivity contribution in [3.05, 3.63) is 57.2 Å². The minimum atomic E-state index is -0.540. The molecule has 0 aliphatic carbocycles. The predicted octanol–water partition coefficient (Wildman–Crippen LogP) is 4.27. The number of amides is 1. The summed E-state index contributed by atoms with van der Waals surface area (Å²) < 4.78 is 16.2. The Morgan fingerprint density at radius 2 is 1.77 bits per heavy atom. The van der Waals surface area contributed by atoms with Crippen LogP contribution in [0.15, 0.2) is 46.6 Å². The first kappa shape index (κ1) is 23.1. The molecule has 3 rings (SSSR count). The highest BCUT2D eigenvalue weighted by Crippen LogP contribution is 2.36. The Morgan fingerprint density at radius 1 is 1.13 bits per heavy atom. The molecule has 162 valence electrons. The van der Waals surface area contributed by atoms with Crippen LogP contribution in [0.2, 0.25) is 5.02 Å². The van der Waals surface area contributed by atoms with Crippen LogP contribution in [-0.4, -0.2) is 49.8 Å². The molecule has 0 unspecified atom stereocenters. The second-order valence-corrected chi connectivity index (χ2v) is 7.98. The van der Waals surface area contributed by atoms with Crippen molar-refractivity contribution in [2.24, 2.45) is 0 Å². The third-order valence-corrected chi connectivity index (χ3v) is 5.81. The number of benzene rings is 2. The number of hydrogen-bond acceptors (Lipinski definition) is 6. The summed E-state index contributed by atoms with van der Waals surface area (Å²) in [5.41, 5.74) is 1.32. The fraction of sp³-hybridized carbons (Fsp3) is 0.190. The lowest BCUT2D eigenvalue weighted by Crippen LogP contribution is -2.35. The molecule has 0 spiro atoms. The maximum atomic E-state index is 13.4. The zero-order valence-corrected chi connectivity index (χ0v) is 20.0. The van der Waals surface area contributed by atoms with Gasteiger partial charge >= 0.3 is 5.97 Å². The van der Waals surface area contributed by atoms with E-state index < -0.39 is 11.9 Å². The van der Waals surface area contributed by atoms with Crippen LogP contribution in [0.4, 0.5) is 5.69 Å². The molecule has 31 heavy (non-hydrogen) atoms. The first-order chi connectivity index (χ1) is 14.8. The van der Waals surface area contributed by atoms with Crippen LogP contribution in [0, 0.1) is 0 Å². The molecule has 10 heteroatoms. The van der Waals surface area contributed by atoms with Crippen molar-refractivity contribution < 1.29 is 23.8 Å². The predicted molar refractivity (Wildman–Crippen MR) is 125 cm³/mol. The normalized spacial score (nSPS) is 14.9. The number of esters is 1. The van der Waals surface area contributed by atoms with E-state index in [9.17, 15) is 9.59 Å². The van der Waals surface area contributed by atoms with Gasteiger partial charge in [-0.2, -0.15) is 0 Å². The second kappa shape index (κ2) is 9.67. The lowest BCUT2D eigenvalue weighted by atomic mass is 10.1. The Labute approximate surface area is 198 Å². The number of nitrogens with zero attached hydrogens (tertiary/aromatic N) is 2. The number of carbonyl (C=O) groups is 2. The summed E-state index contributed by atoms with van der Waals surface area (Å²) in [6.45, 7) is -0.226. The molecular weight excluding hydrogens is 508 g/mol. The molecule has 1 heterocycles. The van der Waals surface area contributed by atoms with Crippen molar-refractivity contribution in [2.75, 3.05) is 32.8 Å². The molecule has 1 aliphatic heterocycles. The highest BCUT2D eigenvalue weighted by atomic mass is 79.9. The summed E-state index contributed by atoms with van der Waals surface area (Å²) in [5, 5.41) is 0.673. The minimum absolute atomic E-state index is 0.149. The van der Waals surface area contributed by atoms with Gasteiger partial charge < -0.3 is 19.1 Å². The average Bonchev–Trinajstić information content (AvgIpc) is 2.98. The van der Waals surface area contributed by atoms with Crippen molar-refractivity contribution in [1.82, 2.24) is 4.90 Å². The Hall–Kier alpha value is -2.62. The molecule has 0 N–H and O–H groups in total. The molecule has 7 nitrogen and oxygen atoms in total. The number of anilines is 1. The Morgan fingerprint density at radius 3 is 2.35 bits per heavy atom. The first-order valence-corrected chi connectivity index (χ1v) is 10.5. The van der Waals surface area contributed by atoms with E-state index in [1.54, 1.807) is 49.6 Å². The van der Waals surface area contributed by atoms with E-state index in [0.717, 1.165) is 0 Å². The van der Waals surface area contributed by atoms with Gasteiger partial charge in [0.05, 0.1) is 31.5 Å². The SMILES string of the molecule is COC(=O)CN1C(=S)N(c2ccc(Cl)cc2)C(=O)/C1=C/c1cc(Br)c(OC)cc1OC. The highest BCUT2D eigenvalue weighted by molar-refractivity contribution is 9.10. The van der Waals surface area contributed by atoms with Gasteiger partial charge in [-0.1, -0.05) is 11.6 Å². The van der Waals surface area contributed by atoms with Crippen molar-refractivity contribution in [3.8, 4) is 11.5 Å². The minimum Gasteiger partial charge on any atom is -0.496 e. The van der Waals surface area contributed by atoms with Gasteiger partial charge in [0.15, 0.2) is 5.11 Å². The van der Waals surface area contributed by atoms with Crippen LogP contribution in [0.3, 0.4) is 0 Å². The number of carbonyl (C=O) groups excluding carboxylic acids is 2. The summed E-state index contributed by atoms with van der Waals surface area (Å²) in [6, 6.07) is 10.1. The third kappa shape index (κ3) is 4.68. The van der Waals surface area contributed by atoms with Crippen LogP contribution >= 0.6 is 39.7 Å². The fourth-order valence-corrected chi connectivity index (χ4v) is 3.99. The summed E-state index contributed by atoms with van der Waals surface area (Å²) in [5.74, 6) is 0.114. The monoisotopic (exact) mass is 524 g/mol. The molecule has 2 aromatic carbocycles. The van der Waals surface area contributed by atoms with Gasteiger partial charge in [-0.3, -0.25) is 14.5 Å². The van der Waals surface area contributed by atoms with Crippen LogP contribution in [0.25, 0.3) is 6.08 Å². The van der Waals surface area contributed by atoms with Gasteiger partial charge in [-0.15, -0.1) is 0 Å². The molecule has 0 radical (unpaired) electrons. The molecule has 0 aromatic heterocycles. The molecule has 0 atom stereocenters. The largest absolute Gasteiger partial charge is 0.496 e. The molecule has 1 aliphatic rings. The first-order valence-electron chi connectivity index (χ1n) is 8.92. The zero-order chi connectivity index (χ0) is 22.7. The van der Waals surface area contributed by atoms with Crippen LogP contribution in [0.1, 0.15) is 5.56 Å². The number of thiocarbonyl (C=S) groups is 1. The second-order valence-electron chi connectivity index (χ2n) is 6.32. The number of rotatable bonds is 6. The van der Waals surface area contributed by atoms with Gasteiger partial charge in [-0.05, 0) is 64.6 Å². The summed E-state index contributed by atoms with van der Waals surface area (Å²) in [6.07, 6.45) is 1.61. The Bertz CT molecular complexity index is 1070. The van der Waals surface area contributed by atoms with Crippen LogP contribution in [-0.2, 0) is 14.3 Å². The lowest BCUT2D eigenvalue weighted by Gasteiger charge is -2.19. The standard InChI is InChI=1S/C21H18BrClN2O5S/c1-28-17-10-18(29-2)15(22)8-12(17)9-16-20(27)25(14-6-4-13(23)5-7-14)21(31)24(16)11-19(26)30-3/h4-10H,11H2,1-3H3/b16-9-. The van der Waals surface area contributed by atoms with Gasteiger partial charge in [0.2, 0.25) is 0 Å². The van der Waals surface area contributed by atoms with Crippen molar-refractivity contribution >= 4 is 68.5 Å². The van der Waals surface area contributed by atoms with Crippen molar-refractivity contribution in [2.45, 2.75) is 0 Å². The highest BCUT2D eigenvalue weighted by Gasteiger charge is 2.40. The quantitative estimate of drug-likeness (QED) is 0.317. The smallest absolute Gasteiger partial charge is 0.325 e.